The monoisotopic (exact) mass is 349 g/mol. The van der Waals surface area contributed by atoms with Crippen LogP contribution in [-0.2, 0) is 13.0 Å². The third kappa shape index (κ3) is 3.15. The lowest BCUT2D eigenvalue weighted by Crippen LogP contribution is -2.03. The standard InChI is InChI=1S/C19H19N5O2/c25-24(26)17-10-4-3-9-16(17)20-15-8-6-7-14(13-15)19-22-21-18-11-2-1-5-12-23(18)19/h3-4,6-10,13,20H,1-2,5,11-12H2. The minimum Gasteiger partial charge on any atom is -0.350 e. The van der Waals surface area contributed by atoms with Crippen molar-refractivity contribution in [3.8, 4) is 11.4 Å². The largest absolute Gasteiger partial charge is 0.350 e. The Morgan fingerprint density at radius 3 is 2.81 bits per heavy atom. The van der Waals surface area contributed by atoms with Crippen molar-refractivity contribution in [1.82, 2.24) is 14.8 Å². The number of nitrogens with zero attached hydrogens (tertiary/aromatic N) is 4. The van der Waals surface area contributed by atoms with Crippen LogP contribution in [0.3, 0.4) is 0 Å². The van der Waals surface area contributed by atoms with Crippen molar-refractivity contribution in [1.29, 1.82) is 0 Å². The Morgan fingerprint density at radius 1 is 1.04 bits per heavy atom. The predicted molar refractivity (Wildman–Crippen MR) is 99.4 cm³/mol. The van der Waals surface area contributed by atoms with Gasteiger partial charge < -0.3 is 9.88 Å². The molecule has 0 unspecified atom stereocenters. The molecule has 1 aliphatic heterocycles. The second kappa shape index (κ2) is 6.95. The number of benzene rings is 2. The molecule has 0 bridgehead atoms. The van der Waals surface area contributed by atoms with Crippen molar-refractivity contribution in [2.45, 2.75) is 32.2 Å². The van der Waals surface area contributed by atoms with Crippen molar-refractivity contribution in [2.75, 3.05) is 5.32 Å². The van der Waals surface area contributed by atoms with Gasteiger partial charge in [-0.25, -0.2) is 0 Å². The van der Waals surface area contributed by atoms with Crippen LogP contribution in [0.15, 0.2) is 48.5 Å². The normalized spacial score (nSPS) is 13.7. The number of para-hydroxylation sites is 2. The smallest absolute Gasteiger partial charge is 0.292 e. The summed E-state index contributed by atoms with van der Waals surface area (Å²) in [5.41, 5.74) is 2.25. The summed E-state index contributed by atoms with van der Waals surface area (Å²) in [6.07, 6.45) is 4.45. The molecule has 7 heteroatoms. The molecule has 7 nitrogen and oxygen atoms in total. The second-order valence-corrected chi connectivity index (χ2v) is 6.38. The van der Waals surface area contributed by atoms with Gasteiger partial charge in [0.05, 0.1) is 4.92 Å². The molecular weight excluding hydrogens is 330 g/mol. The van der Waals surface area contributed by atoms with Crippen molar-refractivity contribution < 1.29 is 4.92 Å². The number of nitrogens with one attached hydrogen (secondary N) is 1. The summed E-state index contributed by atoms with van der Waals surface area (Å²) >= 11 is 0. The average molecular weight is 349 g/mol. The number of nitro benzene ring substituents is 1. The molecule has 1 N–H and O–H groups in total. The second-order valence-electron chi connectivity index (χ2n) is 6.38. The molecule has 0 fully saturated rings. The molecule has 3 aromatic rings. The van der Waals surface area contributed by atoms with Crippen LogP contribution in [-0.4, -0.2) is 19.7 Å². The van der Waals surface area contributed by atoms with Crippen LogP contribution in [0, 0.1) is 10.1 Å². The number of anilines is 2. The van der Waals surface area contributed by atoms with Crippen LogP contribution >= 0.6 is 0 Å². The van der Waals surface area contributed by atoms with Gasteiger partial charge in [-0.15, -0.1) is 10.2 Å². The molecular formula is C19H19N5O2. The van der Waals surface area contributed by atoms with E-state index in [1.807, 2.05) is 24.3 Å². The maximum atomic E-state index is 11.2. The van der Waals surface area contributed by atoms with Gasteiger partial charge in [-0.1, -0.05) is 30.7 Å². The topological polar surface area (TPSA) is 85.9 Å². The molecule has 0 atom stereocenters. The van der Waals surface area contributed by atoms with E-state index in [9.17, 15) is 10.1 Å². The Morgan fingerprint density at radius 2 is 1.92 bits per heavy atom. The Hall–Kier alpha value is -3.22. The van der Waals surface area contributed by atoms with E-state index in [1.165, 1.54) is 12.5 Å². The summed E-state index contributed by atoms with van der Waals surface area (Å²) in [7, 11) is 0. The molecule has 1 aromatic heterocycles. The van der Waals surface area contributed by atoms with E-state index in [0.29, 0.717) is 5.69 Å². The molecule has 4 rings (SSSR count). The highest BCUT2D eigenvalue weighted by atomic mass is 16.6. The van der Waals surface area contributed by atoms with Gasteiger partial charge in [-0.05, 0) is 31.0 Å². The lowest BCUT2D eigenvalue weighted by Gasteiger charge is -2.10. The van der Waals surface area contributed by atoms with Gasteiger partial charge in [0.2, 0.25) is 0 Å². The van der Waals surface area contributed by atoms with E-state index in [0.717, 1.165) is 48.7 Å². The van der Waals surface area contributed by atoms with E-state index in [1.54, 1.807) is 18.2 Å². The molecule has 2 heterocycles. The fourth-order valence-corrected chi connectivity index (χ4v) is 3.33. The highest BCUT2D eigenvalue weighted by Gasteiger charge is 2.17. The maximum Gasteiger partial charge on any atom is 0.292 e. The van der Waals surface area contributed by atoms with Crippen molar-refractivity contribution in [3.63, 3.8) is 0 Å². The number of aryl methyl sites for hydroxylation is 1. The summed E-state index contributed by atoms with van der Waals surface area (Å²) in [4.78, 5) is 10.8. The van der Waals surface area contributed by atoms with Crippen molar-refractivity contribution in [3.05, 3.63) is 64.5 Å². The number of aromatic nitrogens is 3. The van der Waals surface area contributed by atoms with Crippen LogP contribution in [0.25, 0.3) is 11.4 Å². The molecule has 132 valence electrons. The van der Waals surface area contributed by atoms with Gasteiger partial charge in [0.1, 0.15) is 11.5 Å². The van der Waals surface area contributed by atoms with E-state index < -0.39 is 0 Å². The molecule has 1 aliphatic rings. The molecule has 26 heavy (non-hydrogen) atoms. The van der Waals surface area contributed by atoms with E-state index >= 15 is 0 Å². The summed E-state index contributed by atoms with van der Waals surface area (Å²) < 4.78 is 2.19. The number of nitro groups is 1. The van der Waals surface area contributed by atoms with Gasteiger partial charge in [0.15, 0.2) is 5.82 Å². The van der Waals surface area contributed by atoms with E-state index in [2.05, 4.69) is 20.1 Å². The third-order valence-corrected chi connectivity index (χ3v) is 4.61. The lowest BCUT2D eigenvalue weighted by molar-refractivity contribution is -0.383. The van der Waals surface area contributed by atoms with Crippen LogP contribution in [0.4, 0.5) is 17.1 Å². The Labute approximate surface area is 150 Å². The van der Waals surface area contributed by atoms with Crippen LogP contribution in [0.1, 0.15) is 25.1 Å². The highest BCUT2D eigenvalue weighted by Crippen LogP contribution is 2.29. The minimum atomic E-state index is -0.384. The Bertz CT molecular complexity index is 951. The van der Waals surface area contributed by atoms with Crippen LogP contribution in [0.5, 0.6) is 0 Å². The third-order valence-electron chi connectivity index (χ3n) is 4.61. The van der Waals surface area contributed by atoms with Gasteiger partial charge in [-0.3, -0.25) is 10.1 Å². The zero-order valence-corrected chi connectivity index (χ0v) is 14.3. The van der Waals surface area contributed by atoms with Gasteiger partial charge in [0, 0.05) is 30.3 Å². The first-order valence-corrected chi connectivity index (χ1v) is 8.75. The SMILES string of the molecule is O=[N+]([O-])c1ccccc1Nc1cccc(-c2nnc3n2CCCCC3)c1. The zero-order valence-electron chi connectivity index (χ0n) is 14.3. The Balaban J connectivity index is 1.66. The molecule has 0 aliphatic carbocycles. The number of hydrogen-bond donors (Lipinski definition) is 1. The van der Waals surface area contributed by atoms with Crippen molar-refractivity contribution in [2.24, 2.45) is 0 Å². The summed E-state index contributed by atoms with van der Waals surface area (Å²) in [5.74, 6) is 1.89. The Kier molecular flexibility index (Phi) is 4.35. The quantitative estimate of drug-likeness (QED) is 0.560. The molecule has 0 spiro atoms. The fraction of sp³-hybridized carbons (Fsp3) is 0.263. The number of fused-ring (bicyclic) bond motifs is 1. The summed E-state index contributed by atoms with van der Waals surface area (Å²) in [6, 6.07) is 14.4. The highest BCUT2D eigenvalue weighted by molar-refractivity contribution is 5.72. The predicted octanol–water partition coefficient (Wildman–Crippen LogP) is 4.32. The molecule has 2 aromatic carbocycles. The van der Waals surface area contributed by atoms with Gasteiger partial charge in [0.25, 0.3) is 5.69 Å². The van der Waals surface area contributed by atoms with E-state index in [-0.39, 0.29) is 10.6 Å². The molecule has 0 saturated heterocycles. The van der Waals surface area contributed by atoms with Crippen molar-refractivity contribution >= 4 is 17.1 Å². The number of rotatable bonds is 4. The first-order chi connectivity index (χ1) is 12.7. The van der Waals surface area contributed by atoms with Gasteiger partial charge >= 0.3 is 0 Å². The molecule has 0 saturated carbocycles. The first kappa shape index (κ1) is 16.3. The molecule has 0 amide bonds. The minimum absolute atomic E-state index is 0.0502. The fourth-order valence-electron chi connectivity index (χ4n) is 3.33. The zero-order chi connectivity index (χ0) is 17.9. The first-order valence-electron chi connectivity index (χ1n) is 8.75. The van der Waals surface area contributed by atoms with Crippen LogP contribution < -0.4 is 5.32 Å². The van der Waals surface area contributed by atoms with E-state index in [4.69, 9.17) is 0 Å². The summed E-state index contributed by atoms with van der Waals surface area (Å²) in [6.45, 7) is 0.930. The maximum absolute atomic E-state index is 11.2. The average Bonchev–Trinajstić information content (AvgIpc) is 2.91. The molecule has 0 radical (unpaired) electrons. The van der Waals surface area contributed by atoms with Crippen LogP contribution in [0.2, 0.25) is 0 Å². The van der Waals surface area contributed by atoms with Gasteiger partial charge in [-0.2, -0.15) is 0 Å². The number of hydrogen-bond acceptors (Lipinski definition) is 5. The lowest BCUT2D eigenvalue weighted by atomic mass is 10.1. The summed E-state index contributed by atoms with van der Waals surface area (Å²) in [5, 5.41) is 23.1.